The summed E-state index contributed by atoms with van der Waals surface area (Å²) in [5.41, 5.74) is 1.01. The average molecular weight is 253 g/mol. The fourth-order valence-corrected chi connectivity index (χ4v) is 1.71. The molecule has 2 aromatic carbocycles. The zero-order chi connectivity index (χ0) is 12.4. The van der Waals surface area contributed by atoms with Crippen molar-refractivity contribution < 1.29 is 14.2 Å². The zero-order valence-electron chi connectivity index (χ0n) is 9.08. The van der Waals surface area contributed by atoms with Crippen LogP contribution in [0.4, 0.5) is 4.39 Å². The molecular formula is C13H10ClFO2. The molecule has 0 heterocycles. The highest BCUT2D eigenvalue weighted by atomic mass is 35.5. The Hall–Kier alpha value is -1.74. The number of benzene rings is 2. The number of hydrogen-bond acceptors (Lipinski definition) is 2. The number of hydrogen-bond donors (Lipinski definition) is 1. The standard InChI is InChI=1S/C13H10ClFO2/c1-17-9-3-4-10(12(15)7-9)8-2-5-13(16)11(14)6-8/h2-7,16H,1H3. The summed E-state index contributed by atoms with van der Waals surface area (Å²) in [7, 11) is 1.48. The number of methoxy groups -OCH3 is 1. The van der Waals surface area contributed by atoms with Crippen LogP contribution in [-0.4, -0.2) is 12.2 Å². The highest BCUT2D eigenvalue weighted by Crippen LogP contribution is 2.31. The molecule has 0 fully saturated rings. The lowest BCUT2D eigenvalue weighted by molar-refractivity contribution is 0.411. The molecule has 17 heavy (non-hydrogen) atoms. The Morgan fingerprint density at radius 1 is 1.18 bits per heavy atom. The number of aromatic hydroxyl groups is 1. The lowest BCUT2D eigenvalue weighted by atomic mass is 10.0. The lowest BCUT2D eigenvalue weighted by Crippen LogP contribution is -1.88. The van der Waals surface area contributed by atoms with Gasteiger partial charge in [-0.1, -0.05) is 17.7 Å². The molecule has 2 aromatic rings. The van der Waals surface area contributed by atoms with E-state index < -0.39 is 5.82 Å². The molecule has 0 saturated carbocycles. The van der Waals surface area contributed by atoms with Gasteiger partial charge in [-0.2, -0.15) is 0 Å². The molecular weight excluding hydrogens is 243 g/mol. The van der Waals surface area contributed by atoms with E-state index in [1.54, 1.807) is 18.2 Å². The zero-order valence-corrected chi connectivity index (χ0v) is 9.83. The molecule has 1 N–H and O–H groups in total. The van der Waals surface area contributed by atoms with E-state index in [-0.39, 0.29) is 10.8 Å². The predicted octanol–water partition coefficient (Wildman–Crippen LogP) is 3.86. The van der Waals surface area contributed by atoms with Gasteiger partial charge in [0.1, 0.15) is 17.3 Å². The van der Waals surface area contributed by atoms with Gasteiger partial charge in [-0.3, -0.25) is 0 Å². The second-order valence-electron chi connectivity index (χ2n) is 3.51. The van der Waals surface area contributed by atoms with Crippen LogP contribution in [0.15, 0.2) is 36.4 Å². The van der Waals surface area contributed by atoms with Crippen molar-refractivity contribution in [3.8, 4) is 22.6 Å². The first kappa shape index (κ1) is 11.7. The summed E-state index contributed by atoms with van der Waals surface area (Å²) >= 11 is 5.78. The van der Waals surface area contributed by atoms with E-state index in [1.807, 2.05) is 0 Å². The molecule has 4 heteroatoms. The van der Waals surface area contributed by atoms with Crippen molar-refractivity contribution in [3.63, 3.8) is 0 Å². The second kappa shape index (κ2) is 4.63. The van der Waals surface area contributed by atoms with Crippen molar-refractivity contribution in [3.05, 3.63) is 47.2 Å². The molecule has 2 nitrogen and oxygen atoms in total. The third kappa shape index (κ3) is 2.34. The summed E-state index contributed by atoms with van der Waals surface area (Å²) in [5, 5.41) is 9.49. The Morgan fingerprint density at radius 3 is 2.53 bits per heavy atom. The minimum Gasteiger partial charge on any atom is -0.506 e. The molecule has 0 unspecified atom stereocenters. The van der Waals surface area contributed by atoms with E-state index in [9.17, 15) is 9.50 Å². The van der Waals surface area contributed by atoms with Crippen molar-refractivity contribution >= 4 is 11.6 Å². The third-order valence-electron chi connectivity index (χ3n) is 2.43. The van der Waals surface area contributed by atoms with Crippen LogP contribution in [0, 0.1) is 5.82 Å². The summed E-state index contributed by atoms with van der Waals surface area (Å²) in [4.78, 5) is 0. The lowest BCUT2D eigenvalue weighted by Gasteiger charge is -2.07. The summed E-state index contributed by atoms with van der Waals surface area (Å²) in [6, 6.07) is 9.13. The van der Waals surface area contributed by atoms with Crippen molar-refractivity contribution in [1.82, 2.24) is 0 Å². The van der Waals surface area contributed by atoms with E-state index in [0.717, 1.165) is 0 Å². The van der Waals surface area contributed by atoms with E-state index in [4.69, 9.17) is 16.3 Å². The molecule has 88 valence electrons. The Bertz CT molecular complexity index is 555. The largest absolute Gasteiger partial charge is 0.506 e. The molecule has 0 aliphatic rings. The minimum absolute atomic E-state index is 0.0238. The van der Waals surface area contributed by atoms with Crippen molar-refractivity contribution in [1.29, 1.82) is 0 Å². The SMILES string of the molecule is COc1ccc(-c2ccc(O)c(Cl)c2)c(F)c1. The van der Waals surface area contributed by atoms with Crippen LogP contribution in [-0.2, 0) is 0 Å². The minimum atomic E-state index is -0.397. The number of ether oxygens (including phenoxy) is 1. The highest BCUT2D eigenvalue weighted by molar-refractivity contribution is 6.32. The molecule has 2 rings (SSSR count). The molecule has 0 atom stereocenters. The number of rotatable bonds is 2. The summed E-state index contributed by atoms with van der Waals surface area (Å²) in [6.45, 7) is 0. The third-order valence-corrected chi connectivity index (χ3v) is 2.74. The fourth-order valence-electron chi connectivity index (χ4n) is 1.53. The van der Waals surface area contributed by atoms with Gasteiger partial charge < -0.3 is 9.84 Å². The molecule has 0 bridgehead atoms. The van der Waals surface area contributed by atoms with Crippen molar-refractivity contribution in [2.75, 3.05) is 7.11 Å². The smallest absolute Gasteiger partial charge is 0.134 e. The van der Waals surface area contributed by atoms with E-state index in [2.05, 4.69) is 0 Å². The van der Waals surface area contributed by atoms with Crippen molar-refractivity contribution in [2.24, 2.45) is 0 Å². The Kier molecular flexibility index (Phi) is 3.20. The van der Waals surface area contributed by atoms with Gasteiger partial charge in [-0.15, -0.1) is 0 Å². The van der Waals surface area contributed by atoms with Gasteiger partial charge in [-0.05, 0) is 29.8 Å². The number of phenols is 1. The highest BCUT2D eigenvalue weighted by Gasteiger charge is 2.08. The predicted molar refractivity (Wildman–Crippen MR) is 65.1 cm³/mol. The Labute approximate surface area is 103 Å². The topological polar surface area (TPSA) is 29.5 Å². The maximum Gasteiger partial charge on any atom is 0.134 e. The normalized spacial score (nSPS) is 10.3. The Morgan fingerprint density at radius 2 is 1.94 bits per heavy atom. The van der Waals surface area contributed by atoms with E-state index in [0.29, 0.717) is 16.9 Å². The first-order chi connectivity index (χ1) is 8.11. The van der Waals surface area contributed by atoms with Crippen LogP contribution in [0.3, 0.4) is 0 Å². The first-order valence-corrected chi connectivity index (χ1v) is 5.32. The van der Waals surface area contributed by atoms with Gasteiger partial charge in [0.05, 0.1) is 12.1 Å². The van der Waals surface area contributed by atoms with Crippen LogP contribution in [0.1, 0.15) is 0 Å². The quantitative estimate of drug-likeness (QED) is 0.879. The summed E-state index contributed by atoms with van der Waals surface area (Å²) < 4.78 is 18.7. The second-order valence-corrected chi connectivity index (χ2v) is 3.92. The van der Waals surface area contributed by atoms with Crippen LogP contribution in [0.25, 0.3) is 11.1 Å². The van der Waals surface area contributed by atoms with Gasteiger partial charge in [0, 0.05) is 11.6 Å². The van der Waals surface area contributed by atoms with E-state index in [1.165, 1.54) is 25.3 Å². The molecule has 0 aromatic heterocycles. The molecule has 0 amide bonds. The monoisotopic (exact) mass is 252 g/mol. The van der Waals surface area contributed by atoms with Gasteiger partial charge >= 0.3 is 0 Å². The average Bonchev–Trinajstić information content (AvgIpc) is 2.32. The van der Waals surface area contributed by atoms with E-state index >= 15 is 0 Å². The summed E-state index contributed by atoms with van der Waals surface area (Å²) in [6.07, 6.45) is 0. The van der Waals surface area contributed by atoms with Crippen LogP contribution >= 0.6 is 11.6 Å². The molecule has 0 aliphatic heterocycles. The van der Waals surface area contributed by atoms with Gasteiger partial charge in [0.2, 0.25) is 0 Å². The maximum absolute atomic E-state index is 13.8. The van der Waals surface area contributed by atoms with Gasteiger partial charge in [0.15, 0.2) is 0 Å². The van der Waals surface area contributed by atoms with Gasteiger partial charge in [0.25, 0.3) is 0 Å². The van der Waals surface area contributed by atoms with Crippen LogP contribution in [0.5, 0.6) is 11.5 Å². The van der Waals surface area contributed by atoms with Crippen molar-refractivity contribution in [2.45, 2.75) is 0 Å². The van der Waals surface area contributed by atoms with Crippen LogP contribution in [0.2, 0.25) is 5.02 Å². The molecule has 0 radical (unpaired) electrons. The Balaban J connectivity index is 2.49. The molecule has 0 saturated heterocycles. The molecule has 0 spiro atoms. The number of halogens is 2. The van der Waals surface area contributed by atoms with Crippen LogP contribution < -0.4 is 4.74 Å². The first-order valence-electron chi connectivity index (χ1n) is 4.94. The summed E-state index contributed by atoms with van der Waals surface area (Å²) in [5.74, 6) is 0.0339. The van der Waals surface area contributed by atoms with Gasteiger partial charge in [-0.25, -0.2) is 4.39 Å². The molecule has 0 aliphatic carbocycles. The number of phenolic OH excluding ortho intramolecular Hbond substituents is 1. The maximum atomic E-state index is 13.8. The fraction of sp³-hybridized carbons (Fsp3) is 0.0769.